The van der Waals surface area contributed by atoms with Crippen molar-refractivity contribution in [2.75, 3.05) is 6.61 Å². The Morgan fingerprint density at radius 3 is 2.75 bits per heavy atom. The second-order valence-corrected chi connectivity index (χ2v) is 4.48. The van der Waals surface area contributed by atoms with Crippen LogP contribution in [0.1, 0.15) is 11.5 Å². The van der Waals surface area contributed by atoms with Crippen LogP contribution in [0, 0.1) is 0 Å². The summed E-state index contributed by atoms with van der Waals surface area (Å²) in [6.07, 6.45) is 0.609. The van der Waals surface area contributed by atoms with Gasteiger partial charge in [-0.3, -0.25) is 0 Å². The number of benzene rings is 2. The zero-order valence-electron chi connectivity index (χ0n) is 11.0. The minimum absolute atomic E-state index is 0.00918. The van der Waals surface area contributed by atoms with Gasteiger partial charge in [-0.2, -0.15) is 0 Å². The molecule has 1 heterocycles. The Hall–Kier alpha value is -2.33. The average Bonchev–Trinajstić information content (AvgIpc) is 2.90. The first-order valence-corrected chi connectivity index (χ1v) is 6.52. The highest BCUT2D eigenvalue weighted by Gasteiger charge is 2.06. The lowest BCUT2D eigenvalue weighted by molar-refractivity contribution is 0.282. The first kappa shape index (κ1) is 12.7. The molecule has 0 aliphatic heterocycles. The molecule has 0 amide bonds. The summed E-state index contributed by atoms with van der Waals surface area (Å²) < 4.78 is 11.2. The molecular formula is C16H15NO3. The monoisotopic (exact) mass is 269 g/mol. The van der Waals surface area contributed by atoms with Crippen LogP contribution in [0.25, 0.3) is 11.1 Å². The van der Waals surface area contributed by atoms with E-state index >= 15 is 0 Å². The van der Waals surface area contributed by atoms with Crippen molar-refractivity contribution in [3.8, 4) is 5.75 Å². The van der Waals surface area contributed by atoms with Gasteiger partial charge in [0.1, 0.15) is 11.3 Å². The van der Waals surface area contributed by atoms with Crippen LogP contribution in [0.15, 0.2) is 52.9 Å². The zero-order valence-corrected chi connectivity index (χ0v) is 11.0. The van der Waals surface area contributed by atoms with Gasteiger partial charge in [0.15, 0.2) is 11.5 Å². The number of oxazole rings is 1. The molecule has 102 valence electrons. The van der Waals surface area contributed by atoms with E-state index in [2.05, 4.69) is 4.98 Å². The zero-order chi connectivity index (χ0) is 13.8. The quantitative estimate of drug-likeness (QED) is 0.773. The van der Waals surface area contributed by atoms with Gasteiger partial charge in [0.2, 0.25) is 0 Å². The number of ether oxygens (including phenoxy) is 1. The molecule has 20 heavy (non-hydrogen) atoms. The second kappa shape index (κ2) is 5.75. The molecule has 1 aromatic heterocycles. The van der Waals surface area contributed by atoms with Crippen molar-refractivity contribution in [1.29, 1.82) is 0 Å². The van der Waals surface area contributed by atoms with Crippen molar-refractivity contribution in [2.45, 2.75) is 13.0 Å². The Balaban J connectivity index is 1.66. The fourth-order valence-electron chi connectivity index (χ4n) is 2.00. The lowest BCUT2D eigenvalue weighted by Gasteiger charge is -2.03. The molecule has 0 aliphatic rings. The Morgan fingerprint density at radius 1 is 1.10 bits per heavy atom. The lowest BCUT2D eigenvalue weighted by atomic mass is 10.2. The van der Waals surface area contributed by atoms with E-state index in [1.807, 2.05) is 48.5 Å². The molecule has 3 aromatic rings. The van der Waals surface area contributed by atoms with E-state index in [9.17, 15) is 0 Å². The van der Waals surface area contributed by atoms with Crippen LogP contribution < -0.4 is 4.74 Å². The smallest absolute Gasteiger partial charge is 0.198 e. The highest BCUT2D eigenvalue weighted by atomic mass is 16.5. The average molecular weight is 269 g/mol. The molecule has 0 radical (unpaired) electrons. The summed E-state index contributed by atoms with van der Waals surface area (Å²) in [5.41, 5.74) is 2.33. The minimum atomic E-state index is 0.00918. The molecular weight excluding hydrogens is 254 g/mol. The Bertz CT molecular complexity index is 691. The van der Waals surface area contributed by atoms with E-state index in [0.29, 0.717) is 18.9 Å². The molecule has 0 aliphatic carbocycles. The van der Waals surface area contributed by atoms with Crippen LogP contribution in [0.2, 0.25) is 0 Å². The van der Waals surface area contributed by atoms with E-state index in [1.54, 1.807) is 0 Å². The number of para-hydroxylation sites is 1. The van der Waals surface area contributed by atoms with Gasteiger partial charge in [-0.25, -0.2) is 4.98 Å². The number of hydrogen-bond acceptors (Lipinski definition) is 4. The fourth-order valence-corrected chi connectivity index (χ4v) is 2.00. The van der Waals surface area contributed by atoms with Gasteiger partial charge in [-0.1, -0.05) is 24.3 Å². The molecule has 0 bridgehead atoms. The molecule has 4 heteroatoms. The summed E-state index contributed by atoms with van der Waals surface area (Å²) in [6.45, 7) is 0.527. The van der Waals surface area contributed by atoms with E-state index in [0.717, 1.165) is 22.4 Å². The fraction of sp³-hybridized carbons (Fsp3) is 0.188. The number of aliphatic hydroxyl groups is 1. The van der Waals surface area contributed by atoms with E-state index < -0.39 is 0 Å². The van der Waals surface area contributed by atoms with E-state index in [1.165, 1.54) is 0 Å². The Labute approximate surface area is 116 Å². The molecule has 2 aromatic carbocycles. The summed E-state index contributed by atoms with van der Waals surface area (Å²) in [5.74, 6) is 1.48. The molecule has 3 rings (SSSR count). The topological polar surface area (TPSA) is 55.5 Å². The van der Waals surface area contributed by atoms with Gasteiger partial charge < -0.3 is 14.3 Å². The second-order valence-electron chi connectivity index (χ2n) is 4.48. The van der Waals surface area contributed by atoms with Crippen molar-refractivity contribution in [3.05, 3.63) is 60.0 Å². The van der Waals surface area contributed by atoms with Crippen LogP contribution in [0.5, 0.6) is 5.75 Å². The van der Waals surface area contributed by atoms with Crippen LogP contribution in [-0.4, -0.2) is 16.7 Å². The summed E-state index contributed by atoms with van der Waals surface area (Å²) in [4.78, 5) is 4.39. The first-order valence-electron chi connectivity index (χ1n) is 6.52. The van der Waals surface area contributed by atoms with Gasteiger partial charge in [-0.15, -0.1) is 0 Å². The van der Waals surface area contributed by atoms with Crippen LogP contribution >= 0.6 is 0 Å². The summed E-state index contributed by atoms with van der Waals surface area (Å²) in [7, 11) is 0. The third kappa shape index (κ3) is 2.81. The maximum Gasteiger partial charge on any atom is 0.198 e. The van der Waals surface area contributed by atoms with Crippen LogP contribution in [0.4, 0.5) is 0 Å². The molecule has 0 unspecified atom stereocenters. The highest BCUT2D eigenvalue weighted by Crippen LogP contribution is 2.18. The van der Waals surface area contributed by atoms with Crippen molar-refractivity contribution in [3.63, 3.8) is 0 Å². The van der Waals surface area contributed by atoms with Gasteiger partial charge in [0.05, 0.1) is 19.6 Å². The lowest BCUT2D eigenvalue weighted by Crippen LogP contribution is -2.01. The SMILES string of the molecule is OCc1ccc2oc(CCOc3ccccc3)nc2c1. The predicted molar refractivity (Wildman–Crippen MR) is 75.6 cm³/mol. The largest absolute Gasteiger partial charge is 0.493 e. The van der Waals surface area contributed by atoms with E-state index in [-0.39, 0.29) is 6.61 Å². The van der Waals surface area contributed by atoms with Crippen molar-refractivity contribution >= 4 is 11.1 Å². The van der Waals surface area contributed by atoms with E-state index in [4.69, 9.17) is 14.3 Å². The normalized spacial score (nSPS) is 10.8. The summed E-state index contributed by atoms with van der Waals surface area (Å²) >= 11 is 0. The third-order valence-electron chi connectivity index (χ3n) is 3.01. The number of fused-ring (bicyclic) bond motifs is 1. The number of rotatable bonds is 5. The van der Waals surface area contributed by atoms with Gasteiger partial charge in [-0.05, 0) is 29.8 Å². The maximum absolute atomic E-state index is 9.09. The number of nitrogens with zero attached hydrogens (tertiary/aromatic N) is 1. The highest BCUT2D eigenvalue weighted by molar-refractivity contribution is 5.73. The maximum atomic E-state index is 9.09. The predicted octanol–water partition coefficient (Wildman–Crippen LogP) is 2.94. The minimum Gasteiger partial charge on any atom is -0.493 e. The Morgan fingerprint density at radius 2 is 1.95 bits per heavy atom. The van der Waals surface area contributed by atoms with Crippen LogP contribution in [0.3, 0.4) is 0 Å². The summed E-state index contributed by atoms with van der Waals surface area (Å²) in [6, 6.07) is 15.1. The molecule has 0 atom stereocenters. The standard InChI is InChI=1S/C16H15NO3/c18-11-12-6-7-15-14(10-12)17-16(20-15)8-9-19-13-4-2-1-3-5-13/h1-7,10,18H,8-9,11H2. The molecule has 0 saturated carbocycles. The molecule has 0 fully saturated rings. The van der Waals surface area contributed by atoms with Crippen molar-refractivity contribution in [2.24, 2.45) is 0 Å². The first-order chi connectivity index (χ1) is 9.85. The number of aliphatic hydroxyl groups excluding tert-OH is 1. The molecule has 0 saturated heterocycles. The van der Waals surface area contributed by atoms with Gasteiger partial charge >= 0.3 is 0 Å². The van der Waals surface area contributed by atoms with Gasteiger partial charge in [0.25, 0.3) is 0 Å². The summed E-state index contributed by atoms with van der Waals surface area (Å²) in [5, 5.41) is 9.09. The van der Waals surface area contributed by atoms with Gasteiger partial charge in [0, 0.05) is 0 Å². The van der Waals surface area contributed by atoms with Crippen molar-refractivity contribution < 1.29 is 14.3 Å². The molecule has 4 nitrogen and oxygen atoms in total. The third-order valence-corrected chi connectivity index (χ3v) is 3.01. The number of hydrogen-bond donors (Lipinski definition) is 1. The molecule has 1 N–H and O–H groups in total. The Kier molecular flexibility index (Phi) is 3.65. The van der Waals surface area contributed by atoms with Crippen molar-refractivity contribution in [1.82, 2.24) is 4.98 Å². The molecule has 0 spiro atoms. The number of aromatic nitrogens is 1. The van der Waals surface area contributed by atoms with Crippen LogP contribution in [-0.2, 0) is 13.0 Å².